The predicted molar refractivity (Wildman–Crippen MR) is 69.2 cm³/mol. The molecule has 0 rings (SSSR count). The number of nitrogens with zero attached hydrogens (tertiary/aromatic N) is 1. The molecule has 0 spiro atoms. The van der Waals surface area contributed by atoms with Gasteiger partial charge in [0.05, 0.1) is 6.61 Å². The van der Waals surface area contributed by atoms with Gasteiger partial charge in [-0.1, -0.05) is 6.92 Å². The molecule has 0 radical (unpaired) electrons. The van der Waals surface area contributed by atoms with Crippen molar-refractivity contribution in [3.8, 4) is 0 Å². The second-order valence-electron chi connectivity index (χ2n) is 3.46. The van der Waals surface area contributed by atoms with Crippen LogP contribution in [0.25, 0.3) is 0 Å². The van der Waals surface area contributed by atoms with E-state index in [4.69, 9.17) is 4.74 Å². The molecular weight excluding hydrogens is 220 g/mol. The highest BCUT2D eigenvalue weighted by atomic mass is 16.5. The molecule has 0 fully saturated rings. The first-order chi connectivity index (χ1) is 8.24. The Balaban J connectivity index is 3.96. The van der Waals surface area contributed by atoms with Crippen LogP contribution < -0.4 is 16.0 Å². The number of amides is 1. The molecule has 0 aromatic carbocycles. The topological polar surface area (TPSA) is 74.8 Å². The van der Waals surface area contributed by atoms with Crippen molar-refractivity contribution in [3.05, 3.63) is 0 Å². The SMILES string of the molecule is CCCNC(=O)CN=C(NCC)NCCOC. The Hall–Kier alpha value is -1.30. The summed E-state index contributed by atoms with van der Waals surface area (Å²) >= 11 is 0. The summed E-state index contributed by atoms with van der Waals surface area (Å²) in [7, 11) is 1.64. The Kier molecular flexibility index (Phi) is 10.3. The summed E-state index contributed by atoms with van der Waals surface area (Å²) in [4.78, 5) is 15.5. The van der Waals surface area contributed by atoms with Crippen molar-refractivity contribution >= 4 is 11.9 Å². The molecule has 0 heterocycles. The molecule has 0 atom stereocenters. The molecular formula is C11H24N4O2. The molecule has 1 amide bonds. The summed E-state index contributed by atoms with van der Waals surface area (Å²) in [5, 5.41) is 8.89. The highest BCUT2D eigenvalue weighted by Gasteiger charge is 2.00. The molecule has 0 aliphatic heterocycles. The van der Waals surface area contributed by atoms with Crippen LogP contribution in [0.5, 0.6) is 0 Å². The molecule has 6 heteroatoms. The van der Waals surface area contributed by atoms with Gasteiger partial charge in [0.1, 0.15) is 6.54 Å². The number of nitrogens with one attached hydrogen (secondary N) is 3. The summed E-state index contributed by atoms with van der Waals surface area (Å²) in [5.74, 6) is 0.576. The van der Waals surface area contributed by atoms with Crippen molar-refractivity contribution in [3.63, 3.8) is 0 Å². The minimum absolute atomic E-state index is 0.0594. The Labute approximate surface area is 103 Å². The van der Waals surface area contributed by atoms with Crippen LogP contribution in [0.4, 0.5) is 0 Å². The van der Waals surface area contributed by atoms with E-state index in [2.05, 4.69) is 20.9 Å². The number of methoxy groups -OCH3 is 1. The summed E-state index contributed by atoms with van der Waals surface area (Å²) in [6, 6.07) is 0. The van der Waals surface area contributed by atoms with Crippen molar-refractivity contribution in [1.29, 1.82) is 0 Å². The summed E-state index contributed by atoms with van der Waals surface area (Å²) < 4.78 is 4.92. The van der Waals surface area contributed by atoms with Gasteiger partial charge in [-0.15, -0.1) is 0 Å². The third-order valence-corrected chi connectivity index (χ3v) is 1.90. The molecule has 0 aromatic heterocycles. The summed E-state index contributed by atoms with van der Waals surface area (Å²) in [5.41, 5.74) is 0. The fraction of sp³-hybridized carbons (Fsp3) is 0.818. The number of carbonyl (C=O) groups excluding carboxylic acids is 1. The molecule has 0 bridgehead atoms. The van der Waals surface area contributed by atoms with Gasteiger partial charge in [0.15, 0.2) is 5.96 Å². The third kappa shape index (κ3) is 9.62. The number of carbonyl (C=O) groups is 1. The average Bonchev–Trinajstić information content (AvgIpc) is 2.33. The summed E-state index contributed by atoms with van der Waals surface area (Å²) in [6.45, 7) is 6.86. The maximum atomic E-state index is 11.3. The number of ether oxygens (including phenoxy) is 1. The molecule has 17 heavy (non-hydrogen) atoms. The fourth-order valence-electron chi connectivity index (χ4n) is 1.08. The van der Waals surface area contributed by atoms with Crippen LogP contribution in [0.15, 0.2) is 4.99 Å². The fourth-order valence-corrected chi connectivity index (χ4v) is 1.08. The smallest absolute Gasteiger partial charge is 0.241 e. The van der Waals surface area contributed by atoms with E-state index >= 15 is 0 Å². The molecule has 0 aromatic rings. The van der Waals surface area contributed by atoms with Crippen LogP contribution >= 0.6 is 0 Å². The van der Waals surface area contributed by atoms with Crippen LogP contribution in [0.3, 0.4) is 0 Å². The van der Waals surface area contributed by atoms with E-state index in [-0.39, 0.29) is 12.5 Å². The van der Waals surface area contributed by atoms with Crippen LogP contribution in [0.2, 0.25) is 0 Å². The van der Waals surface area contributed by atoms with Crippen LogP contribution in [-0.2, 0) is 9.53 Å². The first-order valence-corrected chi connectivity index (χ1v) is 6.02. The highest BCUT2D eigenvalue weighted by Crippen LogP contribution is 1.77. The van der Waals surface area contributed by atoms with E-state index in [1.165, 1.54) is 0 Å². The monoisotopic (exact) mass is 244 g/mol. The van der Waals surface area contributed by atoms with E-state index in [0.717, 1.165) is 13.0 Å². The lowest BCUT2D eigenvalue weighted by Gasteiger charge is -2.10. The minimum atomic E-state index is -0.0594. The van der Waals surface area contributed by atoms with Crippen molar-refractivity contribution < 1.29 is 9.53 Å². The van der Waals surface area contributed by atoms with Crippen LogP contribution in [0.1, 0.15) is 20.3 Å². The zero-order chi connectivity index (χ0) is 12.9. The van der Waals surface area contributed by atoms with Crippen molar-refractivity contribution in [1.82, 2.24) is 16.0 Å². The normalized spacial score (nSPS) is 11.1. The maximum absolute atomic E-state index is 11.3. The van der Waals surface area contributed by atoms with Gasteiger partial charge in [-0.3, -0.25) is 4.79 Å². The van der Waals surface area contributed by atoms with E-state index in [9.17, 15) is 4.79 Å². The summed E-state index contributed by atoms with van der Waals surface area (Å²) in [6.07, 6.45) is 0.932. The van der Waals surface area contributed by atoms with Gasteiger partial charge in [0.2, 0.25) is 5.91 Å². The largest absolute Gasteiger partial charge is 0.383 e. The second kappa shape index (κ2) is 11.2. The van der Waals surface area contributed by atoms with Crippen molar-refractivity contribution in [2.45, 2.75) is 20.3 Å². The Bertz CT molecular complexity index is 232. The van der Waals surface area contributed by atoms with Gasteiger partial charge in [-0.25, -0.2) is 4.99 Å². The van der Waals surface area contributed by atoms with Crippen molar-refractivity contribution in [2.24, 2.45) is 4.99 Å². The quantitative estimate of drug-likeness (QED) is 0.312. The molecule has 0 aliphatic carbocycles. The lowest BCUT2D eigenvalue weighted by atomic mass is 10.4. The number of rotatable bonds is 8. The van der Waals surface area contributed by atoms with E-state index < -0.39 is 0 Å². The van der Waals surface area contributed by atoms with Gasteiger partial charge in [-0.05, 0) is 13.3 Å². The lowest BCUT2D eigenvalue weighted by Crippen LogP contribution is -2.40. The van der Waals surface area contributed by atoms with Gasteiger partial charge < -0.3 is 20.7 Å². The maximum Gasteiger partial charge on any atom is 0.241 e. The number of guanidine groups is 1. The second-order valence-corrected chi connectivity index (χ2v) is 3.46. The number of aliphatic imine (C=N–C) groups is 1. The Morgan fingerprint density at radius 1 is 1.18 bits per heavy atom. The minimum Gasteiger partial charge on any atom is -0.383 e. The molecule has 0 saturated heterocycles. The zero-order valence-corrected chi connectivity index (χ0v) is 11.0. The van der Waals surface area contributed by atoms with Gasteiger partial charge in [0, 0.05) is 26.7 Å². The van der Waals surface area contributed by atoms with Gasteiger partial charge >= 0.3 is 0 Å². The number of hydrogen-bond acceptors (Lipinski definition) is 3. The Morgan fingerprint density at radius 3 is 2.53 bits per heavy atom. The predicted octanol–water partition coefficient (Wildman–Crippen LogP) is -0.286. The van der Waals surface area contributed by atoms with Crippen LogP contribution in [-0.4, -0.2) is 51.8 Å². The van der Waals surface area contributed by atoms with E-state index in [1.807, 2.05) is 13.8 Å². The third-order valence-electron chi connectivity index (χ3n) is 1.90. The van der Waals surface area contributed by atoms with Gasteiger partial charge in [0.25, 0.3) is 0 Å². The zero-order valence-electron chi connectivity index (χ0n) is 11.0. The van der Waals surface area contributed by atoms with Crippen LogP contribution in [0, 0.1) is 0 Å². The van der Waals surface area contributed by atoms with Crippen molar-refractivity contribution in [2.75, 3.05) is 39.9 Å². The van der Waals surface area contributed by atoms with Gasteiger partial charge in [-0.2, -0.15) is 0 Å². The number of hydrogen-bond donors (Lipinski definition) is 3. The lowest BCUT2D eigenvalue weighted by molar-refractivity contribution is -0.119. The first-order valence-electron chi connectivity index (χ1n) is 6.02. The average molecular weight is 244 g/mol. The molecule has 0 unspecified atom stereocenters. The van der Waals surface area contributed by atoms with E-state index in [1.54, 1.807) is 7.11 Å². The Morgan fingerprint density at radius 2 is 1.94 bits per heavy atom. The standard InChI is InChI=1S/C11H24N4O2/c1-4-6-13-10(16)9-15-11(12-5-2)14-7-8-17-3/h4-9H2,1-3H3,(H,13,16)(H2,12,14,15). The molecule has 0 aliphatic rings. The molecule has 6 nitrogen and oxygen atoms in total. The highest BCUT2D eigenvalue weighted by molar-refractivity contribution is 5.84. The molecule has 3 N–H and O–H groups in total. The molecule has 100 valence electrons. The van der Waals surface area contributed by atoms with E-state index in [0.29, 0.717) is 25.7 Å². The molecule has 0 saturated carbocycles. The first kappa shape index (κ1) is 15.7.